The molecule has 0 aliphatic carbocycles. The molecule has 0 spiro atoms. The lowest BCUT2D eigenvalue weighted by Gasteiger charge is -2.16. The van der Waals surface area contributed by atoms with Gasteiger partial charge in [-0.05, 0) is 24.6 Å². The van der Waals surface area contributed by atoms with Crippen molar-refractivity contribution in [3.63, 3.8) is 0 Å². The molecule has 0 unspecified atom stereocenters. The fraction of sp³-hybridized carbons (Fsp3) is 0.267. The Kier molecular flexibility index (Phi) is 4.02. The Balaban J connectivity index is 2.07. The van der Waals surface area contributed by atoms with Crippen molar-refractivity contribution >= 4 is 5.91 Å². The number of benzene rings is 1. The number of nitrogens with two attached hydrogens (primary N) is 1. The van der Waals surface area contributed by atoms with E-state index in [4.69, 9.17) is 10.2 Å². The van der Waals surface area contributed by atoms with Crippen molar-refractivity contribution in [3.8, 4) is 0 Å². The van der Waals surface area contributed by atoms with Gasteiger partial charge >= 0.3 is 0 Å². The second-order valence-corrected chi connectivity index (χ2v) is 4.62. The van der Waals surface area contributed by atoms with E-state index in [0.717, 1.165) is 5.56 Å². The van der Waals surface area contributed by atoms with Gasteiger partial charge in [0.25, 0.3) is 5.91 Å². The van der Waals surface area contributed by atoms with Crippen LogP contribution < -0.4 is 5.73 Å². The molecule has 1 aromatic heterocycles. The molecule has 0 saturated heterocycles. The Morgan fingerprint density at radius 2 is 2.11 bits per heavy atom. The Bertz CT molecular complexity index is 575. The molecule has 1 heterocycles. The highest BCUT2D eigenvalue weighted by Crippen LogP contribution is 2.12. The van der Waals surface area contributed by atoms with Gasteiger partial charge in [0.05, 0.1) is 6.54 Å². The van der Waals surface area contributed by atoms with Gasteiger partial charge in [0.2, 0.25) is 0 Å². The fourth-order valence-electron chi connectivity index (χ4n) is 1.95. The van der Waals surface area contributed by atoms with Crippen LogP contribution in [-0.4, -0.2) is 17.9 Å². The van der Waals surface area contributed by atoms with Gasteiger partial charge in [-0.2, -0.15) is 0 Å². The zero-order chi connectivity index (χ0) is 13.8. The van der Waals surface area contributed by atoms with E-state index >= 15 is 0 Å². The minimum absolute atomic E-state index is 0.138. The van der Waals surface area contributed by atoms with Gasteiger partial charge in [0.1, 0.15) is 5.76 Å². The standard InChI is InChI=1S/C15H18N2O2/c1-11-4-3-5-12(8-11)10-17(2)15(18)14-7-6-13(9-16)19-14/h3-8H,9-10,16H2,1-2H3. The molecular weight excluding hydrogens is 240 g/mol. The largest absolute Gasteiger partial charge is 0.455 e. The van der Waals surface area contributed by atoms with Crippen molar-refractivity contribution in [1.82, 2.24) is 4.90 Å². The maximum Gasteiger partial charge on any atom is 0.289 e. The van der Waals surface area contributed by atoms with Gasteiger partial charge in [-0.25, -0.2) is 0 Å². The molecule has 4 heteroatoms. The number of hydrogen-bond acceptors (Lipinski definition) is 3. The molecular formula is C15H18N2O2. The number of carbonyl (C=O) groups is 1. The number of nitrogens with zero attached hydrogens (tertiary/aromatic N) is 1. The number of furan rings is 1. The molecule has 2 rings (SSSR count). The van der Waals surface area contributed by atoms with Crippen molar-refractivity contribution in [1.29, 1.82) is 0 Å². The average molecular weight is 258 g/mol. The van der Waals surface area contributed by atoms with Gasteiger partial charge < -0.3 is 15.1 Å². The number of carbonyl (C=O) groups excluding carboxylic acids is 1. The highest BCUT2D eigenvalue weighted by Gasteiger charge is 2.15. The zero-order valence-electron chi connectivity index (χ0n) is 11.2. The molecule has 0 saturated carbocycles. The van der Waals surface area contributed by atoms with Crippen LogP contribution in [0.15, 0.2) is 40.8 Å². The SMILES string of the molecule is Cc1cccc(CN(C)C(=O)c2ccc(CN)o2)c1. The van der Waals surface area contributed by atoms with Gasteiger partial charge in [-0.1, -0.05) is 29.8 Å². The van der Waals surface area contributed by atoms with E-state index in [0.29, 0.717) is 24.6 Å². The highest BCUT2D eigenvalue weighted by molar-refractivity contribution is 5.91. The summed E-state index contributed by atoms with van der Waals surface area (Å²) < 4.78 is 5.36. The highest BCUT2D eigenvalue weighted by atomic mass is 16.4. The van der Waals surface area contributed by atoms with Crippen LogP contribution in [0.3, 0.4) is 0 Å². The molecule has 2 aromatic rings. The molecule has 0 atom stereocenters. The van der Waals surface area contributed by atoms with Crippen LogP contribution >= 0.6 is 0 Å². The summed E-state index contributed by atoms with van der Waals surface area (Å²) in [7, 11) is 1.76. The first-order valence-electron chi connectivity index (χ1n) is 6.20. The van der Waals surface area contributed by atoms with E-state index < -0.39 is 0 Å². The normalized spacial score (nSPS) is 10.5. The molecule has 0 bridgehead atoms. The Morgan fingerprint density at radius 3 is 2.74 bits per heavy atom. The minimum atomic E-state index is -0.138. The first-order chi connectivity index (χ1) is 9.10. The predicted octanol–water partition coefficient (Wildman–Crippen LogP) is 2.32. The number of amides is 1. The van der Waals surface area contributed by atoms with Crippen LogP contribution in [0.4, 0.5) is 0 Å². The van der Waals surface area contributed by atoms with Gasteiger partial charge in [0, 0.05) is 13.6 Å². The third kappa shape index (κ3) is 3.23. The predicted molar refractivity (Wildman–Crippen MR) is 73.6 cm³/mol. The third-order valence-corrected chi connectivity index (χ3v) is 2.92. The van der Waals surface area contributed by atoms with Crippen molar-refractivity contribution < 1.29 is 9.21 Å². The maximum atomic E-state index is 12.2. The molecule has 1 aromatic carbocycles. The average Bonchev–Trinajstić information content (AvgIpc) is 2.86. The number of aryl methyl sites for hydroxylation is 1. The molecule has 0 radical (unpaired) electrons. The summed E-state index contributed by atoms with van der Waals surface area (Å²) in [4.78, 5) is 13.8. The molecule has 2 N–H and O–H groups in total. The second-order valence-electron chi connectivity index (χ2n) is 4.62. The van der Waals surface area contributed by atoms with E-state index in [9.17, 15) is 4.79 Å². The zero-order valence-corrected chi connectivity index (χ0v) is 11.2. The summed E-state index contributed by atoms with van der Waals surface area (Å²) in [6.45, 7) is 2.89. The van der Waals surface area contributed by atoms with E-state index in [-0.39, 0.29) is 5.91 Å². The van der Waals surface area contributed by atoms with E-state index in [1.54, 1.807) is 24.1 Å². The summed E-state index contributed by atoms with van der Waals surface area (Å²) in [5, 5.41) is 0. The number of hydrogen-bond donors (Lipinski definition) is 1. The van der Waals surface area contributed by atoms with E-state index in [2.05, 4.69) is 6.07 Å². The molecule has 0 fully saturated rings. The summed E-state index contributed by atoms with van der Waals surface area (Å²) in [5.41, 5.74) is 7.74. The quantitative estimate of drug-likeness (QED) is 0.915. The summed E-state index contributed by atoms with van der Waals surface area (Å²) >= 11 is 0. The molecule has 4 nitrogen and oxygen atoms in total. The molecule has 0 aliphatic heterocycles. The lowest BCUT2D eigenvalue weighted by molar-refractivity contribution is 0.0751. The first kappa shape index (κ1) is 13.4. The summed E-state index contributed by atoms with van der Waals surface area (Å²) in [6, 6.07) is 11.5. The van der Waals surface area contributed by atoms with Crippen LogP contribution in [0.2, 0.25) is 0 Å². The monoisotopic (exact) mass is 258 g/mol. The molecule has 19 heavy (non-hydrogen) atoms. The van der Waals surface area contributed by atoms with Gasteiger partial charge in [-0.15, -0.1) is 0 Å². The van der Waals surface area contributed by atoms with Crippen molar-refractivity contribution in [3.05, 3.63) is 59.0 Å². The van der Waals surface area contributed by atoms with E-state index in [1.807, 2.05) is 25.1 Å². The second kappa shape index (κ2) is 5.71. The van der Waals surface area contributed by atoms with Crippen LogP contribution in [0.1, 0.15) is 27.4 Å². The summed E-state index contributed by atoms with van der Waals surface area (Å²) in [6.07, 6.45) is 0. The molecule has 1 amide bonds. The Morgan fingerprint density at radius 1 is 1.32 bits per heavy atom. The van der Waals surface area contributed by atoms with Gasteiger partial charge in [0.15, 0.2) is 5.76 Å². The van der Waals surface area contributed by atoms with Crippen LogP contribution in [0.25, 0.3) is 0 Å². The summed E-state index contributed by atoms with van der Waals surface area (Å²) in [5.74, 6) is 0.809. The van der Waals surface area contributed by atoms with Crippen molar-refractivity contribution in [2.24, 2.45) is 5.73 Å². The molecule has 100 valence electrons. The Hall–Kier alpha value is -2.07. The van der Waals surface area contributed by atoms with Gasteiger partial charge in [-0.3, -0.25) is 4.79 Å². The molecule has 0 aliphatic rings. The topological polar surface area (TPSA) is 59.5 Å². The van der Waals surface area contributed by atoms with Crippen LogP contribution in [0, 0.1) is 6.92 Å². The smallest absolute Gasteiger partial charge is 0.289 e. The Labute approximate surface area is 112 Å². The van der Waals surface area contributed by atoms with Crippen LogP contribution in [0.5, 0.6) is 0 Å². The lowest BCUT2D eigenvalue weighted by Crippen LogP contribution is -2.25. The van der Waals surface area contributed by atoms with Crippen molar-refractivity contribution in [2.45, 2.75) is 20.0 Å². The first-order valence-corrected chi connectivity index (χ1v) is 6.20. The van der Waals surface area contributed by atoms with Crippen LogP contribution in [-0.2, 0) is 13.1 Å². The minimum Gasteiger partial charge on any atom is -0.455 e. The maximum absolute atomic E-state index is 12.2. The third-order valence-electron chi connectivity index (χ3n) is 2.92. The number of rotatable bonds is 4. The van der Waals surface area contributed by atoms with Crippen molar-refractivity contribution in [2.75, 3.05) is 7.05 Å². The van der Waals surface area contributed by atoms with E-state index in [1.165, 1.54) is 5.56 Å². The lowest BCUT2D eigenvalue weighted by atomic mass is 10.1. The fourth-order valence-corrected chi connectivity index (χ4v) is 1.95.